The minimum atomic E-state index is 0.0845. The Hall–Kier alpha value is -1.59. The number of hydrogen-bond acceptors (Lipinski definition) is 4. The average Bonchev–Trinajstić information content (AvgIpc) is 2.89. The van der Waals surface area contributed by atoms with Crippen molar-refractivity contribution < 1.29 is 9.84 Å². The molecule has 1 fully saturated rings. The zero-order valence-electron chi connectivity index (χ0n) is 10.9. The summed E-state index contributed by atoms with van der Waals surface area (Å²) in [6, 6.07) is 8.05. The van der Waals surface area contributed by atoms with Crippen LogP contribution in [0.3, 0.4) is 0 Å². The first-order valence-electron chi connectivity index (χ1n) is 6.79. The van der Waals surface area contributed by atoms with Gasteiger partial charge >= 0.3 is 0 Å². The molecule has 1 aliphatic rings. The summed E-state index contributed by atoms with van der Waals surface area (Å²) < 4.78 is 5.62. The van der Waals surface area contributed by atoms with E-state index >= 15 is 0 Å². The van der Waals surface area contributed by atoms with E-state index in [1.807, 2.05) is 24.3 Å². The molecule has 0 saturated carbocycles. The Kier molecular flexibility index (Phi) is 3.66. The Morgan fingerprint density at radius 2 is 2.32 bits per heavy atom. The van der Waals surface area contributed by atoms with Crippen LogP contribution in [0.4, 0.5) is 5.95 Å². The van der Waals surface area contributed by atoms with Crippen molar-refractivity contribution >= 4 is 17.0 Å². The number of aromatic nitrogens is 2. The highest BCUT2D eigenvalue weighted by Gasteiger charge is 2.22. The van der Waals surface area contributed by atoms with E-state index in [1.165, 1.54) is 0 Å². The molecule has 1 atom stereocenters. The Morgan fingerprint density at radius 1 is 1.42 bits per heavy atom. The van der Waals surface area contributed by atoms with Crippen LogP contribution in [0, 0.1) is 0 Å². The number of benzene rings is 1. The molecule has 0 bridgehead atoms. The molecular weight excluding hydrogens is 242 g/mol. The number of ether oxygens (including phenoxy) is 1. The number of rotatable bonds is 4. The molecule has 5 nitrogen and oxygen atoms in total. The van der Waals surface area contributed by atoms with Crippen LogP contribution in [0.15, 0.2) is 24.3 Å². The van der Waals surface area contributed by atoms with Gasteiger partial charge in [0.1, 0.15) is 0 Å². The second-order valence-electron chi connectivity index (χ2n) is 4.88. The molecule has 1 saturated heterocycles. The number of nitrogens with zero attached hydrogens (tertiary/aromatic N) is 2. The monoisotopic (exact) mass is 261 g/mol. The molecule has 19 heavy (non-hydrogen) atoms. The van der Waals surface area contributed by atoms with Crippen molar-refractivity contribution in [1.29, 1.82) is 0 Å². The molecule has 2 aromatic rings. The first-order valence-corrected chi connectivity index (χ1v) is 6.79. The normalized spacial score (nSPS) is 20.1. The van der Waals surface area contributed by atoms with Crippen LogP contribution < -0.4 is 4.90 Å². The number of fused-ring (bicyclic) bond motifs is 1. The van der Waals surface area contributed by atoms with Crippen molar-refractivity contribution in [3.63, 3.8) is 0 Å². The zero-order chi connectivity index (χ0) is 13.1. The minimum Gasteiger partial charge on any atom is -0.394 e. The van der Waals surface area contributed by atoms with Crippen LogP contribution in [-0.2, 0) is 4.74 Å². The molecule has 1 aromatic carbocycles. The maximum atomic E-state index is 8.82. The third-order valence-electron chi connectivity index (χ3n) is 3.50. The lowest BCUT2D eigenvalue weighted by atomic mass is 10.1. The molecule has 2 N–H and O–H groups in total. The number of piperidine rings is 1. The number of hydrogen-bond donors (Lipinski definition) is 2. The molecule has 0 unspecified atom stereocenters. The van der Waals surface area contributed by atoms with E-state index in [4.69, 9.17) is 9.84 Å². The number of para-hydroxylation sites is 2. The van der Waals surface area contributed by atoms with Gasteiger partial charge in [-0.1, -0.05) is 12.1 Å². The van der Waals surface area contributed by atoms with E-state index < -0.39 is 0 Å². The zero-order valence-corrected chi connectivity index (χ0v) is 10.9. The van der Waals surface area contributed by atoms with E-state index in [0.29, 0.717) is 6.61 Å². The van der Waals surface area contributed by atoms with E-state index in [2.05, 4.69) is 14.9 Å². The SMILES string of the molecule is OCCO[C@H]1CCCN(c2nc3ccccc3[nH]2)C1. The van der Waals surface area contributed by atoms with Crippen LogP contribution in [-0.4, -0.2) is 47.5 Å². The Morgan fingerprint density at radius 3 is 3.16 bits per heavy atom. The fourth-order valence-electron chi connectivity index (χ4n) is 2.58. The number of H-pyrrole nitrogens is 1. The molecular formula is C14H19N3O2. The van der Waals surface area contributed by atoms with Crippen molar-refractivity contribution in [3.8, 4) is 0 Å². The van der Waals surface area contributed by atoms with E-state index in [1.54, 1.807) is 0 Å². The standard InChI is InChI=1S/C14H19N3O2/c18-8-9-19-11-4-3-7-17(10-11)14-15-12-5-1-2-6-13(12)16-14/h1-2,5-6,11,18H,3-4,7-10H2,(H,15,16)/t11-/m0/s1. The van der Waals surface area contributed by atoms with Crippen molar-refractivity contribution in [3.05, 3.63) is 24.3 Å². The largest absolute Gasteiger partial charge is 0.394 e. The lowest BCUT2D eigenvalue weighted by Crippen LogP contribution is -2.40. The molecule has 0 spiro atoms. The minimum absolute atomic E-state index is 0.0845. The smallest absolute Gasteiger partial charge is 0.203 e. The Bertz CT molecular complexity index is 507. The topological polar surface area (TPSA) is 61.4 Å². The number of nitrogens with one attached hydrogen (secondary N) is 1. The first-order chi connectivity index (χ1) is 9.36. The van der Waals surface area contributed by atoms with Crippen molar-refractivity contribution in [2.75, 3.05) is 31.2 Å². The summed E-state index contributed by atoms with van der Waals surface area (Å²) >= 11 is 0. The summed E-state index contributed by atoms with van der Waals surface area (Å²) in [5.74, 6) is 0.915. The summed E-state index contributed by atoms with van der Waals surface area (Å²) in [7, 11) is 0. The Labute approximate surface area is 112 Å². The second kappa shape index (κ2) is 5.59. The fraction of sp³-hybridized carbons (Fsp3) is 0.500. The van der Waals surface area contributed by atoms with Crippen LogP contribution in [0.5, 0.6) is 0 Å². The maximum absolute atomic E-state index is 8.82. The van der Waals surface area contributed by atoms with Gasteiger partial charge < -0.3 is 19.7 Å². The average molecular weight is 261 g/mol. The lowest BCUT2D eigenvalue weighted by molar-refractivity contribution is 0.0212. The third-order valence-corrected chi connectivity index (χ3v) is 3.50. The molecule has 5 heteroatoms. The quantitative estimate of drug-likeness (QED) is 0.876. The summed E-state index contributed by atoms with van der Waals surface area (Å²) in [5, 5.41) is 8.82. The van der Waals surface area contributed by atoms with Crippen LogP contribution in [0.2, 0.25) is 0 Å². The molecule has 3 rings (SSSR count). The lowest BCUT2D eigenvalue weighted by Gasteiger charge is -2.32. The van der Waals surface area contributed by atoms with Gasteiger partial charge in [0.05, 0.1) is 30.4 Å². The van der Waals surface area contributed by atoms with Crippen molar-refractivity contribution in [1.82, 2.24) is 9.97 Å². The van der Waals surface area contributed by atoms with Crippen molar-refractivity contribution in [2.45, 2.75) is 18.9 Å². The van der Waals surface area contributed by atoms with E-state index in [0.717, 1.165) is 42.9 Å². The van der Waals surface area contributed by atoms with Gasteiger partial charge in [0.2, 0.25) is 5.95 Å². The predicted molar refractivity (Wildman–Crippen MR) is 74.4 cm³/mol. The second-order valence-corrected chi connectivity index (χ2v) is 4.88. The number of anilines is 1. The molecule has 102 valence electrons. The first kappa shape index (κ1) is 12.4. The van der Waals surface area contributed by atoms with Gasteiger partial charge in [-0.25, -0.2) is 4.98 Å². The fourth-order valence-corrected chi connectivity index (χ4v) is 2.58. The van der Waals surface area contributed by atoms with Crippen LogP contribution >= 0.6 is 0 Å². The molecule has 1 aromatic heterocycles. The molecule has 2 heterocycles. The number of imidazole rings is 1. The number of aromatic amines is 1. The van der Waals surface area contributed by atoms with E-state index in [-0.39, 0.29) is 12.7 Å². The predicted octanol–water partition coefficient (Wildman–Crippen LogP) is 1.54. The number of aliphatic hydroxyl groups is 1. The van der Waals surface area contributed by atoms with Gasteiger partial charge in [-0.3, -0.25) is 0 Å². The molecule has 0 radical (unpaired) electrons. The van der Waals surface area contributed by atoms with Gasteiger partial charge in [-0.05, 0) is 25.0 Å². The summed E-state index contributed by atoms with van der Waals surface area (Å²) in [6.45, 7) is 2.33. The van der Waals surface area contributed by atoms with Gasteiger partial charge in [-0.2, -0.15) is 0 Å². The highest BCUT2D eigenvalue weighted by molar-refractivity contribution is 5.77. The van der Waals surface area contributed by atoms with Gasteiger partial charge in [0.25, 0.3) is 0 Å². The molecule has 0 aliphatic carbocycles. The summed E-state index contributed by atoms with van der Waals surface area (Å²) in [4.78, 5) is 10.2. The highest BCUT2D eigenvalue weighted by atomic mass is 16.5. The van der Waals surface area contributed by atoms with Gasteiger partial charge in [0, 0.05) is 13.1 Å². The van der Waals surface area contributed by atoms with Crippen LogP contribution in [0.25, 0.3) is 11.0 Å². The molecule has 1 aliphatic heterocycles. The highest BCUT2D eigenvalue weighted by Crippen LogP contribution is 2.21. The van der Waals surface area contributed by atoms with Crippen LogP contribution in [0.1, 0.15) is 12.8 Å². The van der Waals surface area contributed by atoms with E-state index in [9.17, 15) is 0 Å². The van der Waals surface area contributed by atoms with Gasteiger partial charge in [-0.15, -0.1) is 0 Å². The van der Waals surface area contributed by atoms with Crippen molar-refractivity contribution in [2.24, 2.45) is 0 Å². The molecule has 0 amide bonds. The third kappa shape index (κ3) is 2.72. The summed E-state index contributed by atoms with van der Waals surface area (Å²) in [6.07, 6.45) is 2.33. The van der Waals surface area contributed by atoms with Gasteiger partial charge in [0.15, 0.2) is 0 Å². The maximum Gasteiger partial charge on any atom is 0.203 e. The number of aliphatic hydroxyl groups excluding tert-OH is 1. The summed E-state index contributed by atoms with van der Waals surface area (Å²) in [5.41, 5.74) is 2.06. The Balaban J connectivity index is 1.73.